The maximum Gasteiger partial charge on any atom is 0.317 e. The first-order valence-electron chi connectivity index (χ1n) is 9.04. The highest BCUT2D eigenvalue weighted by Crippen LogP contribution is 2.23. The van der Waals surface area contributed by atoms with Gasteiger partial charge in [-0.15, -0.1) is 0 Å². The van der Waals surface area contributed by atoms with Crippen molar-refractivity contribution >= 4 is 6.03 Å². The minimum atomic E-state index is -0.126. The first kappa shape index (κ1) is 17.9. The smallest absolute Gasteiger partial charge is 0.317 e. The fourth-order valence-electron chi connectivity index (χ4n) is 3.61. The summed E-state index contributed by atoms with van der Waals surface area (Å²) in [5.41, 5.74) is 0.937. The number of aromatic nitrogens is 1. The van der Waals surface area contributed by atoms with Crippen molar-refractivity contribution in [3.63, 3.8) is 0 Å². The Hall–Kier alpha value is -1.86. The van der Waals surface area contributed by atoms with Gasteiger partial charge in [0.05, 0.1) is 19.3 Å². The lowest BCUT2D eigenvalue weighted by atomic mass is 10.1. The summed E-state index contributed by atoms with van der Waals surface area (Å²) in [5.74, 6) is 0.694. The molecule has 7 nitrogen and oxygen atoms in total. The number of carbonyl (C=O) groups excluding carboxylic acids is 1. The van der Waals surface area contributed by atoms with Crippen LogP contribution in [0.2, 0.25) is 0 Å². The van der Waals surface area contributed by atoms with Crippen molar-refractivity contribution < 1.29 is 14.3 Å². The Bertz CT molecular complexity index is 569. The lowest BCUT2D eigenvalue weighted by Crippen LogP contribution is -2.55. The van der Waals surface area contributed by atoms with Crippen LogP contribution < -0.4 is 10.1 Å². The van der Waals surface area contributed by atoms with E-state index in [1.54, 1.807) is 19.5 Å². The van der Waals surface area contributed by atoms with Gasteiger partial charge in [-0.25, -0.2) is 4.79 Å². The van der Waals surface area contributed by atoms with Gasteiger partial charge in [0, 0.05) is 57.2 Å². The van der Waals surface area contributed by atoms with Gasteiger partial charge in [0.2, 0.25) is 0 Å². The van der Waals surface area contributed by atoms with Crippen molar-refractivity contribution in [2.75, 3.05) is 46.5 Å². The molecule has 0 spiro atoms. The van der Waals surface area contributed by atoms with Crippen molar-refractivity contribution in [2.45, 2.75) is 31.8 Å². The van der Waals surface area contributed by atoms with Gasteiger partial charge in [-0.1, -0.05) is 0 Å². The highest BCUT2D eigenvalue weighted by Gasteiger charge is 2.28. The lowest BCUT2D eigenvalue weighted by molar-refractivity contribution is 0.0186. The number of ether oxygens (including phenoxy) is 2. The maximum atomic E-state index is 12.6. The van der Waals surface area contributed by atoms with Gasteiger partial charge in [-0.05, 0) is 25.8 Å². The van der Waals surface area contributed by atoms with E-state index in [2.05, 4.69) is 15.2 Å². The number of urea groups is 1. The summed E-state index contributed by atoms with van der Waals surface area (Å²) >= 11 is 0. The van der Waals surface area contributed by atoms with Crippen LogP contribution in [0.3, 0.4) is 0 Å². The van der Waals surface area contributed by atoms with E-state index >= 15 is 0 Å². The SMILES string of the molecule is COc1cnccc1[C@H](C)NC(=O)N1CCN(C2CCOCC2)CC1. The summed E-state index contributed by atoms with van der Waals surface area (Å²) in [6.45, 7) is 7.09. The number of rotatable bonds is 4. The van der Waals surface area contributed by atoms with Crippen molar-refractivity contribution in [1.82, 2.24) is 20.1 Å². The molecule has 0 unspecified atom stereocenters. The quantitative estimate of drug-likeness (QED) is 0.896. The molecular formula is C18H28N4O3. The van der Waals surface area contributed by atoms with E-state index in [1.807, 2.05) is 17.9 Å². The fraction of sp³-hybridized carbons (Fsp3) is 0.667. The largest absolute Gasteiger partial charge is 0.495 e. The highest BCUT2D eigenvalue weighted by atomic mass is 16.5. The van der Waals surface area contributed by atoms with E-state index in [0.717, 1.165) is 57.8 Å². The van der Waals surface area contributed by atoms with E-state index in [9.17, 15) is 4.79 Å². The van der Waals surface area contributed by atoms with Gasteiger partial charge >= 0.3 is 6.03 Å². The van der Waals surface area contributed by atoms with Gasteiger partial charge in [0.25, 0.3) is 0 Å². The normalized spacial score (nSPS) is 21.0. The van der Waals surface area contributed by atoms with E-state index in [0.29, 0.717) is 11.8 Å². The third-order valence-corrected chi connectivity index (χ3v) is 5.15. The highest BCUT2D eigenvalue weighted by molar-refractivity contribution is 5.75. The average Bonchev–Trinajstić information content (AvgIpc) is 2.68. The van der Waals surface area contributed by atoms with Crippen molar-refractivity contribution in [2.24, 2.45) is 0 Å². The molecule has 1 atom stereocenters. The second kappa shape index (κ2) is 8.49. The predicted molar refractivity (Wildman–Crippen MR) is 94.7 cm³/mol. The number of nitrogens with one attached hydrogen (secondary N) is 1. The molecule has 2 amide bonds. The molecule has 2 fully saturated rings. The number of pyridine rings is 1. The summed E-state index contributed by atoms with van der Waals surface area (Å²) in [6.07, 6.45) is 5.59. The molecule has 0 bridgehead atoms. The Morgan fingerprint density at radius 3 is 2.72 bits per heavy atom. The minimum absolute atomic E-state index is 0.0157. The number of methoxy groups -OCH3 is 1. The molecule has 0 aliphatic carbocycles. The van der Waals surface area contributed by atoms with Crippen LogP contribution in [0.25, 0.3) is 0 Å². The molecule has 1 N–H and O–H groups in total. The molecule has 1 aromatic rings. The number of hydrogen-bond acceptors (Lipinski definition) is 5. The molecule has 0 radical (unpaired) electrons. The molecule has 25 heavy (non-hydrogen) atoms. The van der Waals surface area contributed by atoms with E-state index < -0.39 is 0 Å². The molecule has 2 aliphatic rings. The first-order chi connectivity index (χ1) is 12.2. The minimum Gasteiger partial charge on any atom is -0.495 e. The van der Waals surface area contributed by atoms with Gasteiger partial charge < -0.3 is 19.7 Å². The van der Waals surface area contributed by atoms with Crippen LogP contribution >= 0.6 is 0 Å². The van der Waals surface area contributed by atoms with Crippen LogP contribution in [0.1, 0.15) is 31.4 Å². The molecule has 1 aromatic heterocycles. The molecule has 2 aliphatic heterocycles. The van der Waals surface area contributed by atoms with Crippen LogP contribution in [-0.2, 0) is 4.74 Å². The third-order valence-electron chi connectivity index (χ3n) is 5.15. The zero-order chi connectivity index (χ0) is 17.6. The van der Waals surface area contributed by atoms with Gasteiger partial charge in [0.1, 0.15) is 5.75 Å². The van der Waals surface area contributed by atoms with E-state index in [1.165, 1.54) is 0 Å². The Balaban J connectivity index is 1.50. The van der Waals surface area contributed by atoms with Crippen LogP contribution in [0.4, 0.5) is 4.79 Å². The standard InChI is InChI=1S/C18H28N4O3/c1-14(16-3-6-19-13-17(16)24-2)20-18(23)22-9-7-21(8-10-22)15-4-11-25-12-5-15/h3,6,13-15H,4-5,7-12H2,1-2H3,(H,20,23)/t14-/m0/s1. The predicted octanol–water partition coefficient (Wildman–Crippen LogP) is 1.66. The van der Waals surface area contributed by atoms with Crippen molar-refractivity contribution in [3.8, 4) is 5.75 Å². The summed E-state index contributed by atoms with van der Waals surface area (Å²) in [7, 11) is 1.62. The second-order valence-corrected chi connectivity index (χ2v) is 6.66. The van der Waals surface area contributed by atoms with Gasteiger partial charge in [0.15, 0.2) is 0 Å². The molecule has 3 rings (SSSR count). The second-order valence-electron chi connectivity index (χ2n) is 6.66. The summed E-state index contributed by atoms with van der Waals surface area (Å²) in [4.78, 5) is 21.0. The summed E-state index contributed by atoms with van der Waals surface area (Å²) in [5, 5.41) is 3.08. The number of piperazine rings is 1. The van der Waals surface area contributed by atoms with Gasteiger partial charge in [-0.3, -0.25) is 9.88 Å². The molecule has 3 heterocycles. The Labute approximate surface area is 149 Å². The monoisotopic (exact) mass is 348 g/mol. The van der Waals surface area contributed by atoms with E-state index in [4.69, 9.17) is 9.47 Å². The van der Waals surface area contributed by atoms with Crippen LogP contribution in [-0.4, -0.2) is 73.4 Å². The summed E-state index contributed by atoms with van der Waals surface area (Å²) < 4.78 is 10.8. The van der Waals surface area contributed by atoms with Crippen molar-refractivity contribution in [1.29, 1.82) is 0 Å². The fourth-order valence-corrected chi connectivity index (χ4v) is 3.61. The molecule has 2 saturated heterocycles. The summed E-state index contributed by atoms with van der Waals surface area (Å²) in [6, 6.07) is 2.35. The molecular weight excluding hydrogens is 320 g/mol. The third kappa shape index (κ3) is 4.41. The zero-order valence-corrected chi connectivity index (χ0v) is 15.1. The molecule has 138 valence electrons. The number of amides is 2. The van der Waals surface area contributed by atoms with E-state index in [-0.39, 0.29) is 12.1 Å². The Morgan fingerprint density at radius 1 is 1.32 bits per heavy atom. The van der Waals surface area contributed by atoms with Crippen LogP contribution in [0, 0.1) is 0 Å². The lowest BCUT2D eigenvalue weighted by Gasteiger charge is -2.40. The topological polar surface area (TPSA) is 66.9 Å². The number of nitrogens with zero attached hydrogens (tertiary/aromatic N) is 3. The maximum absolute atomic E-state index is 12.6. The van der Waals surface area contributed by atoms with Gasteiger partial charge in [-0.2, -0.15) is 0 Å². The number of carbonyl (C=O) groups is 1. The van der Waals surface area contributed by atoms with Crippen molar-refractivity contribution in [3.05, 3.63) is 24.0 Å². The van der Waals surface area contributed by atoms with Crippen LogP contribution in [0.5, 0.6) is 5.75 Å². The molecule has 0 aromatic carbocycles. The first-order valence-corrected chi connectivity index (χ1v) is 9.04. The molecule has 7 heteroatoms. The zero-order valence-electron chi connectivity index (χ0n) is 15.1. The Morgan fingerprint density at radius 2 is 2.04 bits per heavy atom. The average molecular weight is 348 g/mol. The molecule has 0 saturated carbocycles. The Kier molecular flexibility index (Phi) is 6.09. The number of hydrogen-bond donors (Lipinski definition) is 1. The van der Waals surface area contributed by atoms with Crippen LogP contribution in [0.15, 0.2) is 18.5 Å².